The molecular weight excluding hydrogens is 359 g/mol. The van der Waals surface area contributed by atoms with Crippen LogP contribution in [0.15, 0.2) is 29.2 Å². The van der Waals surface area contributed by atoms with E-state index in [2.05, 4.69) is 6.07 Å². The zero-order valence-corrected chi connectivity index (χ0v) is 16.0. The number of nitrogens with zero attached hydrogens (tertiary/aromatic N) is 4. The fraction of sp³-hybridized carbons (Fsp3) is 0.529. The summed E-state index contributed by atoms with van der Waals surface area (Å²) >= 11 is 0. The molecule has 0 atom stereocenters. The molecule has 0 unspecified atom stereocenters. The van der Waals surface area contributed by atoms with Crippen LogP contribution in [0.2, 0.25) is 0 Å². The monoisotopic (exact) mass is 382 g/mol. The Labute approximate surface area is 153 Å². The molecule has 7 nitrogen and oxygen atoms in total. The topological polar surface area (TPSA) is 84.7 Å². The van der Waals surface area contributed by atoms with Gasteiger partial charge in [0, 0.05) is 33.2 Å². The third-order valence-corrected chi connectivity index (χ3v) is 6.56. The van der Waals surface area contributed by atoms with Crippen LogP contribution in [0.3, 0.4) is 0 Å². The van der Waals surface area contributed by atoms with E-state index in [4.69, 9.17) is 5.26 Å². The average Bonchev–Trinajstić information content (AvgIpc) is 2.61. The lowest BCUT2D eigenvalue weighted by atomic mass is 10.1. The number of hydrogen-bond acceptors (Lipinski definition) is 5. The number of carbonyl (C=O) groups is 1. The molecule has 0 N–H and O–H groups in total. The summed E-state index contributed by atoms with van der Waals surface area (Å²) in [5.41, 5.74) is -0.910. The van der Waals surface area contributed by atoms with E-state index >= 15 is 0 Å². The Morgan fingerprint density at radius 2 is 1.85 bits per heavy atom. The number of halogens is 1. The summed E-state index contributed by atoms with van der Waals surface area (Å²) < 4.78 is 40.2. The van der Waals surface area contributed by atoms with Gasteiger partial charge in [-0.05, 0) is 26.0 Å². The number of rotatable bonds is 5. The molecule has 0 bridgehead atoms. The smallest absolute Gasteiger partial charge is 0.246 e. The Bertz CT molecular complexity index is 812. The fourth-order valence-electron chi connectivity index (χ4n) is 2.61. The van der Waals surface area contributed by atoms with Crippen LogP contribution in [-0.2, 0) is 14.8 Å². The molecule has 1 amide bonds. The molecule has 9 heteroatoms. The molecule has 1 fully saturated rings. The number of piperazine rings is 1. The fourth-order valence-corrected chi connectivity index (χ4v) is 4.09. The van der Waals surface area contributed by atoms with E-state index in [1.807, 2.05) is 4.90 Å². The van der Waals surface area contributed by atoms with E-state index in [0.717, 1.165) is 6.07 Å². The highest BCUT2D eigenvalue weighted by Gasteiger charge is 2.32. The minimum Gasteiger partial charge on any atom is -0.326 e. The molecule has 1 aromatic rings. The number of sulfonamides is 1. The van der Waals surface area contributed by atoms with Gasteiger partial charge in [-0.2, -0.15) is 9.57 Å². The van der Waals surface area contributed by atoms with E-state index in [-0.39, 0.29) is 30.4 Å². The van der Waals surface area contributed by atoms with Crippen molar-refractivity contribution in [3.8, 4) is 6.07 Å². The van der Waals surface area contributed by atoms with Gasteiger partial charge in [0.05, 0.1) is 12.6 Å². The Hall–Kier alpha value is -2.02. The lowest BCUT2D eigenvalue weighted by Gasteiger charge is -2.36. The van der Waals surface area contributed by atoms with Gasteiger partial charge >= 0.3 is 0 Å². The summed E-state index contributed by atoms with van der Waals surface area (Å²) in [5, 5.41) is 9.11. The van der Waals surface area contributed by atoms with Crippen molar-refractivity contribution in [3.05, 3.63) is 30.1 Å². The van der Waals surface area contributed by atoms with E-state index in [9.17, 15) is 17.6 Å². The van der Waals surface area contributed by atoms with E-state index < -0.39 is 21.4 Å². The average molecular weight is 382 g/mol. The zero-order valence-electron chi connectivity index (χ0n) is 15.1. The Morgan fingerprint density at radius 3 is 2.38 bits per heavy atom. The van der Waals surface area contributed by atoms with E-state index in [0.29, 0.717) is 13.1 Å². The maximum Gasteiger partial charge on any atom is 0.246 e. The number of benzene rings is 1. The maximum absolute atomic E-state index is 13.8. The molecule has 0 aromatic heterocycles. The Balaban J connectivity index is 1.99. The van der Waals surface area contributed by atoms with Crippen molar-refractivity contribution in [1.82, 2.24) is 14.1 Å². The number of likely N-dealkylation sites (N-methyl/N-ethyl adjacent to an activating group) is 1. The minimum atomic E-state index is -3.89. The molecule has 1 aliphatic heterocycles. The van der Waals surface area contributed by atoms with Crippen LogP contribution in [-0.4, -0.2) is 73.7 Å². The SMILES string of the molecule is CN(C(=O)CN1CCN(S(=O)(=O)c2ccccc2F)CC1)C(C)(C)C#N. The molecule has 142 valence electrons. The van der Waals surface area contributed by atoms with Crippen molar-refractivity contribution < 1.29 is 17.6 Å². The summed E-state index contributed by atoms with van der Waals surface area (Å²) in [4.78, 5) is 15.2. The van der Waals surface area contributed by atoms with Gasteiger partial charge in [-0.3, -0.25) is 9.69 Å². The summed E-state index contributed by atoms with van der Waals surface area (Å²) in [6.07, 6.45) is 0. The quantitative estimate of drug-likeness (QED) is 0.755. The van der Waals surface area contributed by atoms with Gasteiger partial charge in [0.1, 0.15) is 16.3 Å². The standard InChI is InChI=1S/C17H23FN4O3S/c1-17(2,13-19)20(3)16(23)12-21-8-10-22(11-9-21)26(24,25)15-7-5-4-6-14(15)18/h4-7H,8-12H2,1-3H3. The van der Waals surface area contributed by atoms with Gasteiger partial charge in [0.15, 0.2) is 0 Å². The third-order valence-electron chi connectivity index (χ3n) is 4.63. The lowest BCUT2D eigenvalue weighted by Crippen LogP contribution is -2.53. The number of amides is 1. The second-order valence-corrected chi connectivity index (χ2v) is 8.64. The number of carbonyl (C=O) groups excluding carboxylic acids is 1. The normalized spacial score (nSPS) is 16.9. The van der Waals surface area contributed by atoms with Crippen molar-refractivity contribution in [2.24, 2.45) is 0 Å². The summed E-state index contributed by atoms with van der Waals surface area (Å²) in [5.74, 6) is -0.979. The second-order valence-electron chi connectivity index (χ2n) is 6.73. The van der Waals surface area contributed by atoms with Crippen LogP contribution in [0.25, 0.3) is 0 Å². The molecule has 1 heterocycles. The molecule has 1 aliphatic rings. The van der Waals surface area contributed by atoms with Crippen LogP contribution in [0.5, 0.6) is 0 Å². The molecule has 0 spiro atoms. The summed E-state index contributed by atoms with van der Waals surface area (Å²) in [6, 6.07) is 7.37. The summed E-state index contributed by atoms with van der Waals surface area (Å²) in [6.45, 7) is 4.49. The predicted octanol–water partition coefficient (Wildman–Crippen LogP) is 0.893. The van der Waals surface area contributed by atoms with Crippen LogP contribution < -0.4 is 0 Å². The Morgan fingerprint density at radius 1 is 1.27 bits per heavy atom. The highest BCUT2D eigenvalue weighted by molar-refractivity contribution is 7.89. The van der Waals surface area contributed by atoms with Crippen molar-refractivity contribution >= 4 is 15.9 Å². The first-order valence-electron chi connectivity index (χ1n) is 8.24. The van der Waals surface area contributed by atoms with Crippen molar-refractivity contribution in [2.75, 3.05) is 39.8 Å². The van der Waals surface area contributed by atoms with Gasteiger partial charge in [0.2, 0.25) is 15.9 Å². The van der Waals surface area contributed by atoms with Gasteiger partial charge in [-0.25, -0.2) is 12.8 Å². The van der Waals surface area contributed by atoms with Crippen molar-refractivity contribution in [1.29, 1.82) is 5.26 Å². The first-order chi connectivity index (χ1) is 12.1. The second kappa shape index (κ2) is 7.70. The highest BCUT2D eigenvalue weighted by Crippen LogP contribution is 2.20. The van der Waals surface area contributed by atoms with Crippen LogP contribution in [0.4, 0.5) is 4.39 Å². The zero-order chi connectivity index (χ0) is 19.5. The number of hydrogen-bond donors (Lipinski definition) is 0. The van der Waals surface area contributed by atoms with Gasteiger partial charge in [0.25, 0.3) is 0 Å². The molecule has 26 heavy (non-hydrogen) atoms. The molecule has 0 aliphatic carbocycles. The summed E-state index contributed by atoms with van der Waals surface area (Å²) in [7, 11) is -2.32. The highest BCUT2D eigenvalue weighted by atomic mass is 32.2. The number of nitriles is 1. The van der Waals surface area contributed by atoms with Gasteiger partial charge in [-0.15, -0.1) is 0 Å². The molecular formula is C17H23FN4O3S. The Kier molecular flexibility index (Phi) is 6.01. The largest absolute Gasteiger partial charge is 0.326 e. The minimum absolute atomic E-state index is 0.106. The molecule has 1 aromatic carbocycles. The lowest BCUT2D eigenvalue weighted by molar-refractivity contribution is -0.134. The van der Waals surface area contributed by atoms with Crippen molar-refractivity contribution in [2.45, 2.75) is 24.3 Å². The van der Waals surface area contributed by atoms with Crippen LogP contribution >= 0.6 is 0 Å². The predicted molar refractivity (Wildman–Crippen MR) is 94.1 cm³/mol. The third kappa shape index (κ3) is 4.20. The molecule has 2 rings (SSSR count). The first-order valence-corrected chi connectivity index (χ1v) is 9.68. The van der Waals surface area contributed by atoms with E-state index in [1.165, 1.54) is 27.4 Å². The van der Waals surface area contributed by atoms with E-state index in [1.54, 1.807) is 20.9 Å². The maximum atomic E-state index is 13.8. The molecule has 0 saturated carbocycles. The van der Waals surface area contributed by atoms with Crippen LogP contribution in [0, 0.1) is 17.1 Å². The van der Waals surface area contributed by atoms with Crippen LogP contribution in [0.1, 0.15) is 13.8 Å². The van der Waals surface area contributed by atoms with Gasteiger partial charge < -0.3 is 4.90 Å². The van der Waals surface area contributed by atoms with Crippen molar-refractivity contribution in [3.63, 3.8) is 0 Å². The first kappa shape index (κ1) is 20.3. The molecule has 0 radical (unpaired) electrons. The molecule has 1 saturated heterocycles. The van der Waals surface area contributed by atoms with Gasteiger partial charge in [-0.1, -0.05) is 12.1 Å².